The Morgan fingerprint density at radius 3 is 3.00 bits per heavy atom. The van der Waals surface area contributed by atoms with E-state index in [1.165, 1.54) is 11.3 Å². The van der Waals surface area contributed by atoms with Crippen molar-refractivity contribution in [2.75, 3.05) is 11.5 Å². The van der Waals surface area contributed by atoms with Crippen LogP contribution in [0.25, 0.3) is 0 Å². The van der Waals surface area contributed by atoms with Crippen molar-refractivity contribution in [1.29, 1.82) is 0 Å². The van der Waals surface area contributed by atoms with Crippen molar-refractivity contribution in [3.8, 4) is 0 Å². The summed E-state index contributed by atoms with van der Waals surface area (Å²) in [6, 6.07) is 1.92. The molecule has 13 heavy (non-hydrogen) atoms. The van der Waals surface area contributed by atoms with Crippen LogP contribution in [0.1, 0.15) is 23.0 Å². The zero-order valence-electron chi connectivity index (χ0n) is 7.38. The summed E-state index contributed by atoms with van der Waals surface area (Å²) in [5.41, 5.74) is 0. The highest BCUT2D eigenvalue weighted by atomic mass is 79.9. The van der Waals surface area contributed by atoms with Crippen LogP contribution >= 0.6 is 39.0 Å². The Hall–Kier alpha value is 0.200. The Kier molecular flexibility index (Phi) is 5.06. The number of carbonyl (C=O) groups excluding carboxylic acids is 1. The third kappa shape index (κ3) is 3.44. The minimum absolute atomic E-state index is 0.236. The third-order valence-electron chi connectivity index (χ3n) is 1.45. The topological polar surface area (TPSA) is 17.1 Å². The maximum Gasteiger partial charge on any atom is 0.183 e. The first-order valence-electron chi connectivity index (χ1n) is 4.09. The van der Waals surface area contributed by atoms with Gasteiger partial charge in [0.1, 0.15) is 0 Å². The van der Waals surface area contributed by atoms with Crippen LogP contribution in [0.2, 0.25) is 0 Å². The summed E-state index contributed by atoms with van der Waals surface area (Å²) in [6.45, 7) is 2.12. The maximum atomic E-state index is 11.6. The van der Waals surface area contributed by atoms with E-state index in [0.29, 0.717) is 5.75 Å². The highest BCUT2D eigenvalue weighted by molar-refractivity contribution is 9.10. The SMILES string of the molecule is CCCSCC(=O)c1sccc1Br. The lowest BCUT2D eigenvalue weighted by molar-refractivity contribution is 0.102. The quantitative estimate of drug-likeness (QED) is 0.601. The van der Waals surface area contributed by atoms with Crippen LogP contribution in [0.15, 0.2) is 15.9 Å². The van der Waals surface area contributed by atoms with Crippen LogP contribution in [0.4, 0.5) is 0 Å². The normalized spacial score (nSPS) is 10.3. The molecule has 1 heterocycles. The molecule has 1 rings (SSSR count). The van der Waals surface area contributed by atoms with Gasteiger partial charge in [0.15, 0.2) is 5.78 Å². The summed E-state index contributed by atoms with van der Waals surface area (Å²) in [6.07, 6.45) is 1.13. The average Bonchev–Trinajstić information content (AvgIpc) is 2.52. The Balaban J connectivity index is 2.45. The van der Waals surface area contributed by atoms with Gasteiger partial charge in [0.25, 0.3) is 0 Å². The van der Waals surface area contributed by atoms with E-state index in [1.807, 2.05) is 11.4 Å². The molecule has 0 N–H and O–H groups in total. The van der Waals surface area contributed by atoms with Crippen molar-refractivity contribution >= 4 is 44.8 Å². The molecule has 72 valence electrons. The number of ketones is 1. The van der Waals surface area contributed by atoms with Crippen LogP contribution in [0.5, 0.6) is 0 Å². The van der Waals surface area contributed by atoms with E-state index in [9.17, 15) is 4.79 Å². The lowest BCUT2D eigenvalue weighted by Gasteiger charge is -1.97. The Labute approximate surface area is 95.0 Å². The lowest BCUT2D eigenvalue weighted by atomic mass is 10.3. The van der Waals surface area contributed by atoms with E-state index in [0.717, 1.165) is 21.5 Å². The van der Waals surface area contributed by atoms with E-state index >= 15 is 0 Å². The van der Waals surface area contributed by atoms with Crippen molar-refractivity contribution in [1.82, 2.24) is 0 Å². The summed E-state index contributed by atoms with van der Waals surface area (Å²) in [5, 5.41) is 1.93. The lowest BCUT2D eigenvalue weighted by Crippen LogP contribution is -2.00. The number of hydrogen-bond donors (Lipinski definition) is 0. The largest absolute Gasteiger partial charge is 0.292 e. The predicted octanol–water partition coefficient (Wildman–Crippen LogP) is 3.84. The fourth-order valence-electron chi connectivity index (χ4n) is 0.867. The molecule has 0 radical (unpaired) electrons. The Morgan fingerprint density at radius 2 is 2.46 bits per heavy atom. The zero-order valence-corrected chi connectivity index (χ0v) is 10.6. The zero-order chi connectivity index (χ0) is 9.68. The number of Topliss-reactive ketones (excluding diaryl/α,β-unsaturated/α-hetero) is 1. The molecule has 0 amide bonds. The number of hydrogen-bond acceptors (Lipinski definition) is 3. The second-order valence-corrected chi connectivity index (χ2v) is 5.45. The van der Waals surface area contributed by atoms with E-state index in [2.05, 4.69) is 22.9 Å². The molecule has 0 aromatic carbocycles. The first-order chi connectivity index (χ1) is 6.25. The number of rotatable bonds is 5. The predicted molar refractivity (Wildman–Crippen MR) is 64.0 cm³/mol. The summed E-state index contributed by atoms with van der Waals surface area (Å²) < 4.78 is 0.930. The molecule has 1 aromatic rings. The van der Waals surface area contributed by atoms with Gasteiger partial charge in [0.2, 0.25) is 0 Å². The van der Waals surface area contributed by atoms with Gasteiger partial charge in [-0.1, -0.05) is 6.92 Å². The maximum absolute atomic E-state index is 11.6. The third-order valence-corrected chi connectivity index (χ3v) is 4.49. The minimum atomic E-state index is 0.236. The first-order valence-corrected chi connectivity index (χ1v) is 6.92. The van der Waals surface area contributed by atoms with E-state index in [1.54, 1.807) is 11.8 Å². The van der Waals surface area contributed by atoms with Gasteiger partial charge in [-0.2, -0.15) is 11.8 Å². The summed E-state index contributed by atoms with van der Waals surface area (Å²) in [7, 11) is 0. The molecule has 1 aromatic heterocycles. The molecule has 0 atom stereocenters. The average molecular weight is 279 g/mol. The van der Waals surface area contributed by atoms with Crippen molar-refractivity contribution in [3.05, 3.63) is 20.8 Å². The second kappa shape index (κ2) is 5.83. The van der Waals surface area contributed by atoms with Crippen molar-refractivity contribution < 1.29 is 4.79 Å². The van der Waals surface area contributed by atoms with Gasteiger partial charge in [-0.3, -0.25) is 4.79 Å². The molecular formula is C9H11BrOS2. The number of thioether (sulfide) groups is 1. The highest BCUT2D eigenvalue weighted by Crippen LogP contribution is 2.24. The van der Waals surface area contributed by atoms with Gasteiger partial charge in [-0.05, 0) is 39.6 Å². The first kappa shape index (κ1) is 11.3. The molecule has 0 fully saturated rings. The van der Waals surface area contributed by atoms with Gasteiger partial charge in [0, 0.05) is 4.47 Å². The van der Waals surface area contributed by atoms with Gasteiger partial charge < -0.3 is 0 Å². The number of thiophene rings is 1. The molecule has 0 bridgehead atoms. The molecule has 0 saturated heterocycles. The van der Waals surface area contributed by atoms with E-state index in [-0.39, 0.29) is 5.78 Å². The number of halogens is 1. The van der Waals surface area contributed by atoms with E-state index < -0.39 is 0 Å². The van der Waals surface area contributed by atoms with Crippen molar-refractivity contribution in [2.24, 2.45) is 0 Å². The summed E-state index contributed by atoms with van der Waals surface area (Å²) in [5.74, 6) is 1.90. The number of carbonyl (C=O) groups is 1. The molecule has 0 spiro atoms. The van der Waals surface area contributed by atoms with E-state index in [4.69, 9.17) is 0 Å². The van der Waals surface area contributed by atoms with Gasteiger partial charge in [-0.25, -0.2) is 0 Å². The molecule has 0 unspecified atom stereocenters. The molecule has 4 heteroatoms. The smallest absolute Gasteiger partial charge is 0.183 e. The van der Waals surface area contributed by atoms with Gasteiger partial charge in [-0.15, -0.1) is 11.3 Å². The van der Waals surface area contributed by atoms with Crippen LogP contribution in [-0.4, -0.2) is 17.3 Å². The Morgan fingerprint density at radius 1 is 1.69 bits per heavy atom. The van der Waals surface area contributed by atoms with Crippen LogP contribution < -0.4 is 0 Å². The summed E-state index contributed by atoms with van der Waals surface area (Å²) in [4.78, 5) is 12.4. The monoisotopic (exact) mass is 278 g/mol. The van der Waals surface area contributed by atoms with Crippen molar-refractivity contribution in [2.45, 2.75) is 13.3 Å². The second-order valence-electron chi connectivity index (χ2n) is 2.57. The Bertz CT molecular complexity index is 283. The fourth-order valence-corrected chi connectivity index (χ4v) is 3.25. The molecule has 0 aliphatic carbocycles. The fraction of sp³-hybridized carbons (Fsp3) is 0.444. The van der Waals surface area contributed by atoms with Gasteiger partial charge in [0.05, 0.1) is 10.6 Å². The minimum Gasteiger partial charge on any atom is -0.292 e. The molecule has 1 nitrogen and oxygen atoms in total. The standard InChI is InChI=1S/C9H11BrOS2/c1-2-4-12-6-8(11)9-7(10)3-5-13-9/h3,5H,2,4,6H2,1H3. The van der Waals surface area contributed by atoms with Crippen LogP contribution in [0.3, 0.4) is 0 Å². The van der Waals surface area contributed by atoms with Gasteiger partial charge >= 0.3 is 0 Å². The van der Waals surface area contributed by atoms with Crippen LogP contribution in [0, 0.1) is 0 Å². The molecule has 0 saturated carbocycles. The molecule has 0 aliphatic heterocycles. The van der Waals surface area contributed by atoms with Crippen LogP contribution in [-0.2, 0) is 0 Å². The highest BCUT2D eigenvalue weighted by Gasteiger charge is 2.10. The van der Waals surface area contributed by atoms with Crippen molar-refractivity contribution in [3.63, 3.8) is 0 Å². The molecule has 0 aliphatic rings. The molecular weight excluding hydrogens is 268 g/mol. The summed E-state index contributed by atoms with van der Waals surface area (Å²) >= 11 is 6.57.